The Balaban J connectivity index is 2.26. The van der Waals surface area contributed by atoms with Gasteiger partial charge in [0.25, 0.3) is 0 Å². The molecule has 0 bridgehead atoms. The molecule has 1 aromatic heterocycles. The highest BCUT2D eigenvalue weighted by atomic mass is 127. The predicted octanol–water partition coefficient (Wildman–Crippen LogP) is 6.34. The van der Waals surface area contributed by atoms with E-state index in [2.05, 4.69) is 70.8 Å². The van der Waals surface area contributed by atoms with Crippen LogP contribution in [0.3, 0.4) is 0 Å². The van der Waals surface area contributed by atoms with Gasteiger partial charge in [-0.2, -0.15) is 0 Å². The van der Waals surface area contributed by atoms with Gasteiger partial charge in [-0.15, -0.1) is 0 Å². The van der Waals surface area contributed by atoms with Crippen LogP contribution in [0, 0.1) is 0 Å². The summed E-state index contributed by atoms with van der Waals surface area (Å²) < 4.78 is 7.95. The Hall–Kier alpha value is -1.39. The molecule has 0 fully saturated rings. The van der Waals surface area contributed by atoms with Gasteiger partial charge in [0.05, 0.1) is 0 Å². The third-order valence-corrected chi connectivity index (χ3v) is 5.29. The zero-order chi connectivity index (χ0) is 18.0. The van der Waals surface area contributed by atoms with Crippen LogP contribution in [-0.2, 0) is 6.54 Å². The molecule has 1 heterocycles. The molecule has 1 unspecified atom stereocenters. The van der Waals surface area contributed by atoms with Crippen molar-refractivity contribution in [3.63, 3.8) is 0 Å². The number of halogens is 1. The SMILES string of the molecule is CC(=O)c1c(C(C)C)n(Cc2ccccc2)c2ccc(OPI)cc12. The van der Waals surface area contributed by atoms with Crippen LogP contribution in [0.25, 0.3) is 10.9 Å². The van der Waals surface area contributed by atoms with E-state index in [4.69, 9.17) is 4.52 Å². The number of carbonyl (C=O) groups is 1. The predicted molar refractivity (Wildman–Crippen MR) is 115 cm³/mol. The fourth-order valence-electron chi connectivity index (χ4n) is 3.37. The lowest BCUT2D eigenvalue weighted by atomic mass is 10.0. The number of rotatable bonds is 6. The van der Waals surface area contributed by atoms with Crippen molar-refractivity contribution in [1.29, 1.82) is 0 Å². The summed E-state index contributed by atoms with van der Waals surface area (Å²) in [5.74, 6) is 1.18. The van der Waals surface area contributed by atoms with Crippen molar-refractivity contribution < 1.29 is 9.32 Å². The van der Waals surface area contributed by atoms with Crippen molar-refractivity contribution in [3.8, 4) is 5.75 Å². The molecule has 5 heteroatoms. The summed E-state index contributed by atoms with van der Waals surface area (Å²) in [6.07, 6.45) is 0. The maximum Gasteiger partial charge on any atom is 0.162 e. The van der Waals surface area contributed by atoms with E-state index in [1.165, 1.54) is 5.56 Å². The Morgan fingerprint density at radius 2 is 1.92 bits per heavy atom. The van der Waals surface area contributed by atoms with Gasteiger partial charge in [-0.25, -0.2) is 0 Å². The van der Waals surface area contributed by atoms with Gasteiger partial charge in [0.1, 0.15) is 12.2 Å². The fourth-order valence-corrected chi connectivity index (χ4v) is 4.35. The van der Waals surface area contributed by atoms with Crippen LogP contribution in [-0.4, -0.2) is 10.4 Å². The largest absolute Gasteiger partial charge is 0.467 e. The summed E-state index contributed by atoms with van der Waals surface area (Å²) in [6.45, 7) is 7.05. The Morgan fingerprint density at radius 3 is 2.52 bits per heavy atom. The molecule has 0 aliphatic heterocycles. The van der Waals surface area contributed by atoms with Crippen molar-refractivity contribution in [1.82, 2.24) is 4.57 Å². The van der Waals surface area contributed by atoms with Crippen LogP contribution in [0.5, 0.6) is 5.75 Å². The van der Waals surface area contributed by atoms with Gasteiger partial charge in [-0.3, -0.25) is 4.79 Å². The minimum Gasteiger partial charge on any atom is -0.467 e. The number of fused-ring (bicyclic) bond motifs is 1. The number of hydrogen-bond donors (Lipinski definition) is 0. The minimum atomic E-state index is 0.106. The quantitative estimate of drug-likeness (QED) is 0.242. The lowest BCUT2D eigenvalue weighted by Crippen LogP contribution is -2.08. The molecule has 3 aromatic rings. The van der Waals surface area contributed by atoms with E-state index in [1.54, 1.807) is 6.92 Å². The normalized spacial score (nSPS) is 11.7. The summed E-state index contributed by atoms with van der Waals surface area (Å²) in [5.41, 5.74) is 4.23. The first-order valence-electron chi connectivity index (χ1n) is 8.26. The van der Waals surface area contributed by atoms with E-state index in [0.717, 1.165) is 34.5 Å². The standard InChI is InChI=1S/C20H21INO2P/c1-13(2)20-19(14(3)23)17-11-16(24-25-21)9-10-18(17)22(20)12-15-7-5-4-6-8-15/h4-11,13,25H,12H2,1-3H3. The molecule has 0 N–H and O–H groups in total. The lowest BCUT2D eigenvalue weighted by Gasteiger charge is -2.15. The molecule has 0 amide bonds. The Morgan fingerprint density at radius 1 is 1.20 bits per heavy atom. The molecule has 3 nitrogen and oxygen atoms in total. The summed E-state index contributed by atoms with van der Waals surface area (Å²) in [4.78, 5) is 12.5. The summed E-state index contributed by atoms with van der Waals surface area (Å²) in [7, 11) is 0. The van der Waals surface area contributed by atoms with Gasteiger partial charge in [0.2, 0.25) is 0 Å². The van der Waals surface area contributed by atoms with Gasteiger partial charge in [-0.1, -0.05) is 44.2 Å². The van der Waals surface area contributed by atoms with Crippen molar-refractivity contribution in [2.24, 2.45) is 0 Å². The fraction of sp³-hybridized carbons (Fsp3) is 0.250. The Labute approximate surface area is 163 Å². The minimum absolute atomic E-state index is 0.106. The summed E-state index contributed by atoms with van der Waals surface area (Å²) in [6, 6.07) is 16.4. The van der Waals surface area contributed by atoms with Crippen LogP contribution in [0.4, 0.5) is 0 Å². The maximum atomic E-state index is 12.5. The van der Waals surface area contributed by atoms with E-state index in [0.29, 0.717) is 6.45 Å². The van der Waals surface area contributed by atoms with Crippen LogP contribution < -0.4 is 4.52 Å². The van der Waals surface area contributed by atoms with Crippen LogP contribution in [0.1, 0.15) is 48.3 Å². The molecule has 1 atom stereocenters. The van der Waals surface area contributed by atoms with Gasteiger partial charge in [0, 0.05) is 28.7 Å². The van der Waals surface area contributed by atoms with Crippen molar-refractivity contribution >= 4 is 45.2 Å². The number of Topliss-reactive ketones (excluding diaryl/α,β-unsaturated/α-hetero) is 1. The van der Waals surface area contributed by atoms with Gasteiger partial charge in [0.15, 0.2) is 5.78 Å². The second-order valence-electron chi connectivity index (χ2n) is 6.40. The van der Waals surface area contributed by atoms with Gasteiger partial charge in [-0.05, 0) is 58.6 Å². The zero-order valence-corrected chi connectivity index (χ0v) is 17.7. The Kier molecular flexibility index (Phi) is 5.80. The number of ketones is 1. The molecular weight excluding hydrogens is 444 g/mol. The highest BCUT2D eigenvalue weighted by molar-refractivity contribution is 14.2. The molecule has 0 radical (unpaired) electrons. The average molecular weight is 465 g/mol. The number of carbonyl (C=O) groups excluding carboxylic acids is 1. The molecule has 0 spiro atoms. The maximum absolute atomic E-state index is 12.5. The topological polar surface area (TPSA) is 31.2 Å². The lowest BCUT2D eigenvalue weighted by molar-refractivity contribution is 0.101. The molecular formula is C20H21INO2P. The average Bonchev–Trinajstić information content (AvgIpc) is 2.90. The highest BCUT2D eigenvalue weighted by Crippen LogP contribution is 2.36. The molecule has 0 saturated carbocycles. The second-order valence-corrected chi connectivity index (χ2v) is 8.08. The third kappa shape index (κ3) is 3.75. The first kappa shape index (κ1) is 18.4. The number of hydrogen-bond acceptors (Lipinski definition) is 2. The molecule has 2 aromatic carbocycles. The number of nitrogens with zero attached hydrogens (tertiary/aromatic N) is 1. The molecule has 0 saturated heterocycles. The van der Waals surface area contributed by atoms with E-state index >= 15 is 0 Å². The molecule has 0 aliphatic carbocycles. The molecule has 0 aliphatic rings. The van der Waals surface area contributed by atoms with Crippen LogP contribution >= 0.6 is 28.5 Å². The first-order valence-corrected chi connectivity index (χ1v) is 12.3. The first-order chi connectivity index (χ1) is 12.0. The van der Waals surface area contributed by atoms with E-state index < -0.39 is 0 Å². The summed E-state index contributed by atoms with van der Waals surface area (Å²) >= 11 is 2.21. The van der Waals surface area contributed by atoms with Crippen LogP contribution in [0.2, 0.25) is 0 Å². The van der Waals surface area contributed by atoms with E-state index in [1.807, 2.05) is 18.2 Å². The molecule has 130 valence electrons. The van der Waals surface area contributed by atoms with Crippen molar-refractivity contribution in [3.05, 3.63) is 65.4 Å². The third-order valence-electron chi connectivity index (χ3n) is 4.31. The van der Waals surface area contributed by atoms with Crippen molar-refractivity contribution in [2.45, 2.75) is 33.2 Å². The van der Waals surface area contributed by atoms with E-state index in [-0.39, 0.29) is 11.7 Å². The van der Waals surface area contributed by atoms with Gasteiger partial charge < -0.3 is 9.09 Å². The Bertz CT molecular complexity index is 903. The molecule has 25 heavy (non-hydrogen) atoms. The smallest absolute Gasteiger partial charge is 0.162 e. The van der Waals surface area contributed by atoms with Gasteiger partial charge >= 0.3 is 0 Å². The van der Waals surface area contributed by atoms with Crippen LogP contribution in [0.15, 0.2) is 48.5 Å². The monoisotopic (exact) mass is 465 g/mol. The summed E-state index contributed by atoms with van der Waals surface area (Å²) in [5, 5.41) is 0.985. The second kappa shape index (κ2) is 7.88. The highest BCUT2D eigenvalue weighted by Gasteiger charge is 2.22. The number of benzene rings is 2. The molecule has 3 rings (SSSR count). The van der Waals surface area contributed by atoms with E-state index in [9.17, 15) is 4.79 Å². The van der Waals surface area contributed by atoms with Crippen molar-refractivity contribution in [2.75, 3.05) is 0 Å². The number of aromatic nitrogens is 1. The zero-order valence-electron chi connectivity index (χ0n) is 14.5.